The fourth-order valence-electron chi connectivity index (χ4n) is 3.46. The largest absolute Gasteiger partial charge is 0.490 e. The van der Waals surface area contributed by atoms with Crippen LogP contribution in [-0.2, 0) is 16.4 Å². The maximum absolute atomic E-state index is 13.4. The van der Waals surface area contributed by atoms with Crippen LogP contribution in [0.4, 0.5) is 0 Å². The molecule has 0 aliphatic carbocycles. The Bertz CT molecular complexity index is 988. The Kier molecular flexibility index (Phi) is 10.0. The summed E-state index contributed by atoms with van der Waals surface area (Å²) < 4.78 is 37.0. The lowest BCUT2D eigenvalue weighted by atomic mass is 10.1. The number of nitrogens with zero attached hydrogens (tertiary/aromatic N) is 1. The second kappa shape index (κ2) is 12.5. The molecule has 2 aromatic carbocycles. The highest BCUT2D eigenvalue weighted by Crippen LogP contribution is 2.30. The van der Waals surface area contributed by atoms with E-state index in [0.717, 1.165) is 18.4 Å². The minimum atomic E-state index is -3.52. The summed E-state index contributed by atoms with van der Waals surface area (Å²) in [4.78, 5) is 15.2. The normalized spacial score (nSPS) is 11.2. The van der Waals surface area contributed by atoms with Crippen molar-refractivity contribution >= 4 is 15.7 Å². The van der Waals surface area contributed by atoms with E-state index in [1.165, 1.54) is 6.07 Å². The molecule has 0 unspecified atom stereocenters. The molecule has 0 radical (unpaired) electrons. The number of sulfone groups is 1. The highest BCUT2D eigenvalue weighted by atomic mass is 32.2. The van der Waals surface area contributed by atoms with Crippen molar-refractivity contribution in [1.29, 1.82) is 0 Å². The van der Waals surface area contributed by atoms with E-state index < -0.39 is 9.84 Å². The number of ether oxygens (including phenoxy) is 2. The number of carbonyl (C=O) groups excluding carboxylic acids is 1. The number of hydrogen-bond acceptors (Lipinski definition) is 5. The Morgan fingerprint density at radius 3 is 2.31 bits per heavy atom. The molecule has 0 aromatic heterocycles. The molecule has 0 fully saturated rings. The zero-order valence-electron chi connectivity index (χ0n) is 19.6. The maximum atomic E-state index is 13.4. The molecule has 2 rings (SSSR count). The average Bonchev–Trinajstić information content (AvgIpc) is 2.78. The van der Waals surface area contributed by atoms with Crippen molar-refractivity contribution in [3.63, 3.8) is 0 Å². The van der Waals surface area contributed by atoms with Crippen LogP contribution in [-0.4, -0.2) is 44.7 Å². The van der Waals surface area contributed by atoms with E-state index in [1.807, 2.05) is 45.9 Å². The Labute approximate surface area is 192 Å². The Balaban J connectivity index is 2.36. The van der Waals surface area contributed by atoms with Crippen LogP contribution in [0.15, 0.2) is 47.4 Å². The lowest BCUT2D eigenvalue weighted by molar-refractivity contribution is 0.0739. The van der Waals surface area contributed by atoms with E-state index in [2.05, 4.69) is 0 Å². The molecule has 0 saturated carbocycles. The van der Waals surface area contributed by atoms with Crippen LogP contribution in [0.25, 0.3) is 0 Å². The number of rotatable bonds is 13. The molecular formula is C25H35NO5S. The summed E-state index contributed by atoms with van der Waals surface area (Å²) in [5, 5.41) is 0. The Morgan fingerprint density at radius 1 is 0.906 bits per heavy atom. The van der Waals surface area contributed by atoms with Gasteiger partial charge in [-0.1, -0.05) is 39.0 Å². The van der Waals surface area contributed by atoms with E-state index in [0.29, 0.717) is 44.2 Å². The van der Waals surface area contributed by atoms with Gasteiger partial charge in [0, 0.05) is 13.1 Å². The number of benzene rings is 2. The van der Waals surface area contributed by atoms with Crippen molar-refractivity contribution in [3.05, 3.63) is 53.6 Å². The first-order valence-electron chi connectivity index (χ1n) is 11.4. The van der Waals surface area contributed by atoms with Crippen molar-refractivity contribution in [2.45, 2.75) is 58.4 Å². The highest BCUT2D eigenvalue weighted by Gasteiger charge is 2.25. The van der Waals surface area contributed by atoms with E-state index in [-0.39, 0.29) is 22.1 Å². The first-order chi connectivity index (χ1) is 15.4. The zero-order valence-corrected chi connectivity index (χ0v) is 20.4. The van der Waals surface area contributed by atoms with Crippen molar-refractivity contribution in [2.75, 3.05) is 25.5 Å². The quantitative estimate of drug-likeness (QED) is 0.414. The van der Waals surface area contributed by atoms with Crippen LogP contribution in [0.3, 0.4) is 0 Å². The van der Waals surface area contributed by atoms with Gasteiger partial charge in [-0.25, -0.2) is 8.42 Å². The van der Waals surface area contributed by atoms with E-state index in [9.17, 15) is 13.2 Å². The van der Waals surface area contributed by atoms with E-state index in [1.54, 1.807) is 23.1 Å². The predicted molar refractivity (Wildman–Crippen MR) is 127 cm³/mol. The molecule has 1 amide bonds. The number of hydrogen-bond donors (Lipinski definition) is 0. The van der Waals surface area contributed by atoms with Crippen molar-refractivity contribution in [3.8, 4) is 11.5 Å². The Hall–Kier alpha value is -2.54. The number of amides is 1. The van der Waals surface area contributed by atoms with Gasteiger partial charge < -0.3 is 14.4 Å². The first kappa shape index (κ1) is 25.7. The average molecular weight is 462 g/mol. The van der Waals surface area contributed by atoms with Crippen molar-refractivity contribution < 1.29 is 22.7 Å². The van der Waals surface area contributed by atoms with Crippen LogP contribution in [0.2, 0.25) is 0 Å². The monoisotopic (exact) mass is 461 g/mol. The summed E-state index contributed by atoms with van der Waals surface area (Å²) in [6.07, 6.45) is 2.15. The fourth-order valence-corrected chi connectivity index (χ4v) is 4.99. The summed E-state index contributed by atoms with van der Waals surface area (Å²) in [5.74, 6) is 1.06. The molecular weight excluding hydrogens is 426 g/mol. The smallest absolute Gasteiger partial charge is 0.255 e. The second-order valence-corrected chi connectivity index (χ2v) is 9.68. The SMILES string of the molecule is CCCOc1ccc(CN(CCC)C(=O)c2ccccc2S(=O)(=O)CCC)cc1OCC. The highest BCUT2D eigenvalue weighted by molar-refractivity contribution is 7.91. The molecule has 2 aromatic rings. The summed E-state index contributed by atoms with van der Waals surface area (Å²) in [6.45, 7) is 9.73. The van der Waals surface area contributed by atoms with Crippen LogP contribution < -0.4 is 9.47 Å². The van der Waals surface area contributed by atoms with Gasteiger partial charge in [0.15, 0.2) is 21.3 Å². The molecule has 0 bridgehead atoms. The van der Waals surface area contributed by atoms with Gasteiger partial charge in [-0.2, -0.15) is 0 Å². The summed E-state index contributed by atoms with van der Waals surface area (Å²) in [6, 6.07) is 12.2. The summed E-state index contributed by atoms with van der Waals surface area (Å²) >= 11 is 0. The lowest BCUT2D eigenvalue weighted by Gasteiger charge is -2.24. The molecule has 0 spiro atoms. The predicted octanol–water partition coefficient (Wildman–Crippen LogP) is 5.11. The van der Waals surface area contributed by atoms with Gasteiger partial charge >= 0.3 is 0 Å². The van der Waals surface area contributed by atoms with Crippen molar-refractivity contribution in [2.24, 2.45) is 0 Å². The van der Waals surface area contributed by atoms with Gasteiger partial charge in [-0.05, 0) is 56.0 Å². The molecule has 0 aliphatic rings. The molecule has 176 valence electrons. The van der Waals surface area contributed by atoms with Gasteiger partial charge in [0.05, 0.1) is 29.4 Å². The van der Waals surface area contributed by atoms with Gasteiger partial charge in [0.2, 0.25) is 0 Å². The third-order valence-corrected chi connectivity index (χ3v) is 6.82. The third-order valence-electron chi connectivity index (χ3n) is 4.85. The van der Waals surface area contributed by atoms with Crippen LogP contribution in [0.1, 0.15) is 62.9 Å². The molecule has 6 nitrogen and oxygen atoms in total. The second-order valence-electron chi connectivity index (χ2n) is 7.60. The molecule has 0 aliphatic heterocycles. The molecule has 0 saturated heterocycles. The Morgan fingerprint density at radius 2 is 1.66 bits per heavy atom. The summed E-state index contributed by atoms with van der Waals surface area (Å²) in [5.41, 5.74) is 1.12. The number of carbonyl (C=O) groups is 1. The molecule has 0 N–H and O–H groups in total. The van der Waals surface area contributed by atoms with Crippen LogP contribution in [0, 0.1) is 0 Å². The van der Waals surface area contributed by atoms with Gasteiger partial charge in [-0.3, -0.25) is 4.79 Å². The lowest BCUT2D eigenvalue weighted by Crippen LogP contribution is -2.32. The molecule has 0 heterocycles. The zero-order chi connectivity index (χ0) is 23.6. The summed E-state index contributed by atoms with van der Waals surface area (Å²) in [7, 11) is -3.52. The fraction of sp³-hybridized carbons (Fsp3) is 0.480. The third kappa shape index (κ3) is 6.73. The first-order valence-corrected chi connectivity index (χ1v) is 13.0. The van der Waals surface area contributed by atoms with E-state index in [4.69, 9.17) is 9.47 Å². The van der Waals surface area contributed by atoms with Gasteiger partial charge in [0.25, 0.3) is 5.91 Å². The van der Waals surface area contributed by atoms with Crippen molar-refractivity contribution in [1.82, 2.24) is 4.90 Å². The van der Waals surface area contributed by atoms with Crippen LogP contribution >= 0.6 is 0 Å². The van der Waals surface area contributed by atoms with Crippen LogP contribution in [0.5, 0.6) is 11.5 Å². The maximum Gasteiger partial charge on any atom is 0.255 e. The van der Waals surface area contributed by atoms with Gasteiger partial charge in [0.1, 0.15) is 0 Å². The molecule has 7 heteroatoms. The van der Waals surface area contributed by atoms with E-state index >= 15 is 0 Å². The minimum absolute atomic E-state index is 0.0159. The molecule has 32 heavy (non-hydrogen) atoms. The standard InChI is InChI=1S/C25H35NO5S/c1-5-15-26(19-20-13-14-22(31-16-6-2)23(18-20)30-8-4)25(27)21-11-9-10-12-24(21)32(28,29)17-7-3/h9-14,18H,5-8,15-17,19H2,1-4H3. The topological polar surface area (TPSA) is 72.9 Å². The van der Waals surface area contributed by atoms with Gasteiger partial charge in [-0.15, -0.1) is 0 Å². The minimum Gasteiger partial charge on any atom is -0.490 e. The molecule has 0 atom stereocenters.